The third-order valence-electron chi connectivity index (χ3n) is 1.91. The standard InChI is InChI=1S/C10H15F6O5P/c1-2-4-19-8(17)3-5-22(18,20-6-9(11,12)13)21-7-10(14,15)16/h2-7H2,1H3. The minimum absolute atomic E-state index is 0.0238. The molecule has 0 aliphatic heterocycles. The molecule has 12 heteroatoms. The first-order chi connectivity index (χ1) is 9.87. The van der Waals surface area contributed by atoms with Crippen LogP contribution in [-0.2, 0) is 23.1 Å². The normalized spacial score (nSPS) is 13.2. The average Bonchev–Trinajstić information content (AvgIpc) is 2.37. The van der Waals surface area contributed by atoms with Crippen molar-refractivity contribution < 1.29 is 49.5 Å². The zero-order chi connectivity index (χ0) is 17.4. The molecule has 0 saturated carbocycles. The summed E-state index contributed by atoms with van der Waals surface area (Å²) in [7, 11) is -4.74. The molecule has 0 rings (SSSR count). The smallest absolute Gasteiger partial charge is 0.412 e. The molecule has 0 atom stereocenters. The van der Waals surface area contributed by atoms with E-state index in [-0.39, 0.29) is 6.61 Å². The predicted octanol–water partition coefficient (Wildman–Crippen LogP) is 3.68. The van der Waals surface area contributed by atoms with Crippen LogP contribution in [0.3, 0.4) is 0 Å². The van der Waals surface area contributed by atoms with Crippen molar-refractivity contribution in [3.63, 3.8) is 0 Å². The lowest BCUT2D eigenvalue weighted by Gasteiger charge is -2.20. The maximum atomic E-state index is 12.0. The number of esters is 1. The van der Waals surface area contributed by atoms with Crippen LogP contribution in [0.1, 0.15) is 19.8 Å². The first kappa shape index (κ1) is 21.2. The lowest BCUT2D eigenvalue weighted by molar-refractivity contribution is -0.165. The topological polar surface area (TPSA) is 61.8 Å². The van der Waals surface area contributed by atoms with Crippen molar-refractivity contribution in [1.29, 1.82) is 0 Å². The highest BCUT2D eigenvalue weighted by atomic mass is 31.2. The monoisotopic (exact) mass is 360 g/mol. The van der Waals surface area contributed by atoms with Crippen LogP contribution in [0, 0.1) is 0 Å². The molecule has 0 N–H and O–H groups in total. The van der Waals surface area contributed by atoms with Gasteiger partial charge in [-0.05, 0) is 6.42 Å². The Labute approximate surface area is 122 Å². The van der Waals surface area contributed by atoms with E-state index >= 15 is 0 Å². The van der Waals surface area contributed by atoms with E-state index < -0.39 is 51.7 Å². The van der Waals surface area contributed by atoms with Gasteiger partial charge in [0.1, 0.15) is 0 Å². The fourth-order valence-electron chi connectivity index (χ4n) is 1.03. The SMILES string of the molecule is CCCOC(=O)CCP(=O)(OCC(F)(F)F)OCC(F)(F)F. The first-order valence-corrected chi connectivity index (χ1v) is 7.77. The third-order valence-corrected chi connectivity index (χ3v) is 3.72. The van der Waals surface area contributed by atoms with Crippen LogP contribution in [0.2, 0.25) is 0 Å². The zero-order valence-electron chi connectivity index (χ0n) is 11.5. The average molecular weight is 360 g/mol. The van der Waals surface area contributed by atoms with Crippen molar-refractivity contribution in [2.75, 3.05) is 26.0 Å². The molecular formula is C10H15F6O5P. The number of ether oxygens (including phenoxy) is 1. The van der Waals surface area contributed by atoms with E-state index in [0.29, 0.717) is 6.42 Å². The first-order valence-electron chi connectivity index (χ1n) is 6.04. The van der Waals surface area contributed by atoms with Crippen molar-refractivity contribution in [2.24, 2.45) is 0 Å². The number of rotatable bonds is 9. The summed E-state index contributed by atoms with van der Waals surface area (Å²) in [6.45, 7) is -2.40. The van der Waals surface area contributed by atoms with E-state index in [2.05, 4.69) is 13.8 Å². The molecule has 0 unspecified atom stereocenters. The van der Waals surface area contributed by atoms with E-state index in [4.69, 9.17) is 0 Å². The molecule has 0 aliphatic rings. The largest absolute Gasteiger partial charge is 0.466 e. The molecule has 0 heterocycles. The lowest BCUT2D eigenvalue weighted by atomic mass is 10.5. The van der Waals surface area contributed by atoms with Gasteiger partial charge in [-0.2, -0.15) is 26.3 Å². The van der Waals surface area contributed by atoms with Crippen LogP contribution in [0.5, 0.6) is 0 Å². The molecule has 0 aliphatic carbocycles. The molecule has 22 heavy (non-hydrogen) atoms. The molecule has 0 radical (unpaired) electrons. The van der Waals surface area contributed by atoms with Crippen LogP contribution in [-0.4, -0.2) is 44.3 Å². The van der Waals surface area contributed by atoms with E-state index in [9.17, 15) is 35.7 Å². The number of alkyl halides is 6. The molecule has 132 valence electrons. The molecule has 0 amide bonds. The molecule has 0 bridgehead atoms. The Morgan fingerprint density at radius 3 is 1.82 bits per heavy atom. The summed E-state index contributed by atoms with van der Waals surface area (Å²) in [5, 5.41) is 0. The van der Waals surface area contributed by atoms with E-state index in [1.807, 2.05) is 0 Å². The van der Waals surface area contributed by atoms with Gasteiger partial charge in [-0.3, -0.25) is 18.4 Å². The van der Waals surface area contributed by atoms with Crippen LogP contribution in [0.25, 0.3) is 0 Å². The maximum Gasteiger partial charge on any atom is 0.412 e. The van der Waals surface area contributed by atoms with Gasteiger partial charge in [0.15, 0.2) is 13.2 Å². The Morgan fingerprint density at radius 1 is 1.00 bits per heavy atom. The van der Waals surface area contributed by atoms with Crippen LogP contribution < -0.4 is 0 Å². The summed E-state index contributed by atoms with van der Waals surface area (Å²) in [6, 6.07) is 0. The van der Waals surface area contributed by atoms with Gasteiger partial charge in [-0.15, -0.1) is 0 Å². The van der Waals surface area contributed by atoms with Crippen LogP contribution >= 0.6 is 7.60 Å². The minimum Gasteiger partial charge on any atom is -0.466 e. The molecule has 0 saturated heterocycles. The summed E-state index contributed by atoms with van der Waals surface area (Å²) in [6.07, 6.45) is -11.0. The summed E-state index contributed by atoms with van der Waals surface area (Å²) in [5.41, 5.74) is 0. The summed E-state index contributed by atoms with van der Waals surface area (Å²) < 4.78 is 96.3. The van der Waals surface area contributed by atoms with Gasteiger partial charge in [-0.1, -0.05) is 6.92 Å². The number of carbonyl (C=O) groups is 1. The van der Waals surface area contributed by atoms with E-state index in [0.717, 1.165) is 0 Å². The number of carbonyl (C=O) groups excluding carboxylic acids is 1. The highest BCUT2D eigenvalue weighted by Gasteiger charge is 2.38. The molecular weight excluding hydrogens is 345 g/mol. The van der Waals surface area contributed by atoms with Crippen LogP contribution in [0.15, 0.2) is 0 Å². The molecule has 0 aromatic heterocycles. The summed E-state index contributed by atoms with van der Waals surface area (Å²) in [5.74, 6) is -0.923. The number of halogens is 6. The summed E-state index contributed by atoms with van der Waals surface area (Å²) in [4.78, 5) is 11.2. The Bertz CT molecular complexity index is 372. The van der Waals surface area contributed by atoms with Gasteiger partial charge < -0.3 is 4.74 Å². The Morgan fingerprint density at radius 2 is 1.45 bits per heavy atom. The van der Waals surface area contributed by atoms with Crippen molar-refractivity contribution in [3.8, 4) is 0 Å². The molecule has 5 nitrogen and oxygen atoms in total. The van der Waals surface area contributed by atoms with Gasteiger partial charge in [0.25, 0.3) is 0 Å². The second-order valence-electron chi connectivity index (χ2n) is 4.08. The molecule has 0 fully saturated rings. The third kappa shape index (κ3) is 11.8. The fourth-order valence-corrected chi connectivity index (χ4v) is 2.50. The van der Waals surface area contributed by atoms with Gasteiger partial charge in [0.05, 0.1) is 19.2 Å². The lowest BCUT2D eigenvalue weighted by Crippen LogP contribution is -2.21. The fraction of sp³-hybridized carbons (Fsp3) is 0.900. The zero-order valence-corrected chi connectivity index (χ0v) is 12.4. The number of hydrogen-bond donors (Lipinski definition) is 0. The van der Waals surface area contributed by atoms with Gasteiger partial charge >= 0.3 is 25.9 Å². The van der Waals surface area contributed by atoms with Gasteiger partial charge in [0.2, 0.25) is 0 Å². The second-order valence-corrected chi connectivity index (χ2v) is 6.27. The molecule has 0 aromatic rings. The Balaban J connectivity index is 4.63. The van der Waals surface area contributed by atoms with Crippen molar-refractivity contribution in [1.82, 2.24) is 0 Å². The minimum atomic E-state index is -4.90. The van der Waals surface area contributed by atoms with Crippen molar-refractivity contribution >= 4 is 13.6 Å². The van der Waals surface area contributed by atoms with Crippen LogP contribution in [0.4, 0.5) is 26.3 Å². The summed E-state index contributed by atoms with van der Waals surface area (Å²) >= 11 is 0. The number of hydrogen-bond acceptors (Lipinski definition) is 5. The second kappa shape index (κ2) is 8.73. The maximum absolute atomic E-state index is 12.0. The highest BCUT2D eigenvalue weighted by molar-refractivity contribution is 7.53. The molecule has 0 spiro atoms. The predicted molar refractivity (Wildman–Crippen MR) is 62.4 cm³/mol. The van der Waals surface area contributed by atoms with E-state index in [1.165, 1.54) is 0 Å². The quantitative estimate of drug-likeness (QED) is 0.357. The molecule has 0 aromatic carbocycles. The van der Waals surface area contributed by atoms with Gasteiger partial charge in [0, 0.05) is 0 Å². The highest BCUT2D eigenvalue weighted by Crippen LogP contribution is 2.50. The Kier molecular flexibility index (Phi) is 8.42. The van der Waals surface area contributed by atoms with E-state index in [1.54, 1.807) is 6.92 Å². The Hall–Kier alpha value is -0.800. The van der Waals surface area contributed by atoms with Crippen molar-refractivity contribution in [3.05, 3.63) is 0 Å². The van der Waals surface area contributed by atoms with Gasteiger partial charge in [-0.25, -0.2) is 0 Å². The van der Waals surface area contributed by atoms with Crippen molar-refractivity contribution in [2.45, 2.75) is 32.1 Å².